The van der Waals surface area contributed by atoms with Crippen LogP contribution in [0.3, 0.4) is 0 Å². The van der Waals surface area contributed by atoms with Crippen LogP contribution in [0.4, 0.5) is 0 Å². The predicted molar refractivity (Wildman–Crippen MR) is 84.3 cm³/mol. The SMILES string of the molecule is OC(Cc1c(Cl)cccc1Cl)c1cc(Cl)cc(Br)c1. The van der Waals surface area contributed by atoms with Gasteiger partial charge < -0.3 is 5.11 Å². The van der Waals surface area contributed by atoms with E-state index in [9.17, 15) is 5.11 Å². The minimum atomic E-state index is -0.715. The Kier molecular flexibility index (Phi) is 5.15. The van der Waals surface area contributed by atoms with Gasteiger partial charge in [-0.15, -0.1) is 0 Å². The molecule has 0 fully saturated rings. The Balaban J connectivity index is 2.28. The largest absolute Gasteiger partial charge is 0.388 e. The molecule has 0 saturated carbocycles. The molecule has 100 valence electrons. The molecule has 0 aliphatic heterocycles. The maximum Gasteiger partial charge on any atom is 0.0832 e. The maximum atomic E-state index is 10.3. The summed E-state index contributed by atoms with van der Waals surface area (Å²) in [6.07, 6.45) is -0.377. The fourth-order valence-electron chi connectivity index (χ4n) is 1.81. The van der Waals surface area contributed by atoms with Crippen LogP contribution in [0, 0.1) is 0 Å². The van der Waals surface area contributed by atoms with Gasteiger partial charge in [-0.05, 0) is 41.5 Å². The number of rotatable bonds is 3. The summed E-state index contributed by atoms with van der Waals surface area (Å²) in [6.45, 7) is 0. The van der Waals surface area contributed by atoms with Gasteiger partial charge in [0.2, 0.25) is 0 Å². The molecule has 0 aliphatic rings. The summed E-state index contributed by atoms with van der Waals surface area (Å²) in [5.74, 6) is 0. The molecule has 2 aromatic carbocycles. The van der Waals surface area contributed by atoms with Crippen molar-refractivity contribution in [1.29, 1.82) is 0 Å². The van der Waals surface area contributed by atoms with Crippen molar-refractivity contribution in [1.82, 2.24) is 0 Å². The van der Waals surface area contributed by atoms with Crippen LogP contribution in [-0.4, -0.2) is 5.11 Å². The molecule has 0 saturated heterocycles. The van der Waals surface area contributed by atoms with Crippen molar-refractivity contribution in [2.24, 2.45) is 0 Å². The van der Waals surface area contributed by atoms with E-state index in [1.807, 2.05) is 6.07 Å². The second-order valence-electron chi connectivity index (χ2n) is 4.12. The third-order valence-electron chi connectivity index (χ3n) is 2.73. The zero-order valence-corrected chi connectivity index (χ0v) is 13.6. The molecule has 1 unspecified atom stereocenters. The summed E-state index contributed by atoms with van der Waals surface area (Å²) < 4.78 is 0.819. The summed E-state index contributed by atoms with van der Waals surface area (Å²) in [5.41, 5.74) is 1.45. The van der Waals surface area contributed by atoms with Crippen molar-refractivity contribution in [2.45, 2.75) is 12.5 Å². The minimum Gasteiger partial charge on any atom is -0.388 e. The average molecular weight is 380 g/mol. The van der Waals surface area contributed by atoms with Gasteiger partial charge in [0.25, 0.3) is 0 Å². The van der Waals surface area contributed by atoms with E-state index in [0.717, 1.165) is 15.6 Å². The van der Waals surface area contributed by atoms with Crippen LogP contribution >= 0.6 is 50.7 Å². The third-order valence-corrected chi connectivity index (χ3v) is 4.11. The number of hydrogen-bond acceptors (Lipinski definition) is 1. The van der Waals surface area contributed by atoms with E-state index in [4.69, 9.17) is 34.8 Å². The van der Waals surface area contributed by atoms with Gasteiger partial charge in [-0.3, -0.25) is 0 Å². The highest BCUT2D eigenvalue weighted by Gasteiger charge is 2.14. The fourth-order valence-corrected chi connectivity index (χ4v) is 3.24. The molecule has 0 radical (unpaired) electrons. The van der Waals surface area contributed by atoms with Crippen LogP contribution in [0.5, 0.6) is 0 Å². The standard InChI is InChI=1S/C14H10BrCl3O/c15-9-4-8(5-10(16)6-9)14(19)7-11-12(17)2-1-3-13(11)18/h1-6,14,19H,7H2. The second-order valence-corrected chi connectivity index (χ2v) is 6.29. The molecule has 0 spiro atoms. The monoisotopic (exact) mass is 378 g/mol. The molecule has 0 amide bonds. The van der Waals surface area contributed by atoms with Gasteiger partial charge in [-0.1, -0.05) is 56.8 Å². The van der Waals surface area contributed by atoms with Crippen molar-refractivity contribution in [3.63, 3.8) is 0 Å². The molecule has 2 rings (SSSR count). The van der Waals surface area contributed by atoms with E-state index in [1.54, 1.807) is 30.3 Å². The van der Waals surface area contributed by atoms with E-state index in [1.165, 1.54) is 0 Å². The Labute approximate surface area is 135 Å². The van der Waals surface area contributed by atoms with Crippen molar-refractivity contribution >= 4 is 50.7 Å². The highest BCUT2D eigenvalue weighted by atomic mass is 79.9. The van der Waals surface area contributed by atoms with Crippen molar-refractivity contribution in [3.05, 3.63) is 67.1 Å². The van der Waals surface area contributed by atoms with Crippen LogP contribution in [0.25, 0.3) is 0 Å². The van der Waals surface area contributed by atoms with Gasteiger partial charge in [-0.25, -0.2) is 0 Å². The van der Waals surface area contributed by atoms with E-state index in [-0.39, 0.29) is 0 Å². The van der Waals surface area contributed by atoms with Crippen molar-refractivity contribution in [3.8, 4) is 0 Å². The predicted octanol–water partition coefficient (Wildman–Crippen LogP) is 5.69. The van der Waals surface area contributed by atoms with Gasteiger partial charge in [-0.2, -0.15) is 0 Å². The molecule has 1 N–H and O–H groups in total. The van der Waals surface area contributed by atoms with Crippen molar-refractivity contribution in [2.75, 3.05) is 0 Å². The Morgan fingerprint density at radius 2 is 1.68 bits per heavy atom. The molecule has 5 heteroatoms. The highest BCUT2D eigenvalue weighted by Crippen LogP contribution is 2.31. The number of benzene rings is 2. The van der Waals surface area contributed by atoms with Crippen LogP contribution in [0.15, 0.2) is 40.9 Å². The molecule has 1 nitrogen and oxygen atoms in total. The minimum absolute atomic E-state index is 0.339. The first kappa shape index (κ1) is 15.1. The number of halogens is 4. The lowest BCUT2D eigenvalue weighted by molar-refractivity contribution is 0.178. The molecular formula is C14H10BrCl3O. The van der Waals surface area contributed by atoms with E-state index in [0.29, 0.717) is 21.5 Å². The lowest BCUT2D eigenvalue weighted by Crippen LogP contribution is -2.03. The van der Waals surface area contributed by atoms with Gasteiger partial charge >= 0.3 is 0 Å². The molecule has 19 heavy (non-hydrogen) atoms. The second kappa shape index (κ2) is 6.47. The highest BCUT2D eigenvalue weighted by molar-refractivity contribution is 9.10. The zero-order valence-electron chi connectivity index (χ0n) is 9.71. The first-order valence-electron chi connectivity index (χ1n) is 5.54. The summed E-state index contributed by atoms with van der Waals surface area (Å²) in [4.78, 5) is 0. The zero-order chi connectivity index (χ0) is 14.0. The molecular weight excluding hydrogens is 370 g/mol. The Morgan fingerprint density at radius 1 is 1.05 bits per heavy atom. The fraction of sp³-hybridized carbons (Fsp3) is 0.143. The summed E-state index contributed by atoms with van der Waals surface area (Å²) in [6, 6.07) is 10.6. The molecule has 1 atom stereocenters. The molecule has 2 aromatic rings. The summed E-state index contributed by atoms with van der Waals surface area (Å²) in [7, 11) is 0. The van der Waals surface area contributed by atoms with E-state index in [2.05, 4.69) is 15.9 Å². The van der Waals surface area contributed by atoms with E-state index < -0.39 is 6.10 Å². The summed E-state index contributed by atoms with van der Waals surface area (Å²) in [5, 5.41) is 11.9. The lowest BCUT2D eigenvalue weighted by atomic mass is 10.0. The Bertz CT molecular complexity index is 561. The average Bonchev–Trinajstić information content (AvgIpc) is 2.32. The van der Waals surface area contributed by atoms with E-state index >= 15 is 0 Å². The van der Waals surface area contributed by atoms with Crippen LogP contribution < -0.4 is 0 Å². The molecule has 0 heterocycles. The normalized spacial score (nSPS) is 12.5. The van der Waals surface area contributed by atoms with Crippen LogP contribution in [-0.2, 0) is 6.42 Å². The number of aliphatic hydroxyl groups excluding tert-OH is 1. The molecule has 0 aliphatic carbocycles. The Morgan fingerprint density at radius 3 is 2.26 bits per heavy atom. The molecule has 0 bridgehead atoms. The van der Waals surface area contributed by atoms with Gasteiger partial charge in [0, 0.05) is 26.0 Å². The van der Waals surface area contributed by atoms with Gasteiger partial charge in [0.05, 0.1) is 6.10 Å². The van der Waals surface area contributed by atoms with Crippen molar-refractivity contribution < 1.29 is 5.11 Å². The first-order chi connectivity index (χ1) is 8.97. The third kappa shape index (κ3) is 3.87. The van der Waals surface area contributed by atoms with Crippen LogP contribution in [0.2, 0.25) is 15.1 Å². The number of aliphatic hydroxyl groups is 1. The Hall–Kier alpha value is -0.250. The maximum absolute atomic E-state index is 10.3. The van der Waals surface area contributed by atoms with Gasteiger partial charge in [0.1, 0.15) is 0 Å². The summed E-state index contributed by atoms with van der Waals surface area (Å²) >= 11 is 21.5. The topological polar surface area (TPSA) is 20.2 Å². The smallest absolute Gasteiger partial charge is 0.0832 e. The number of hydrogen-bond donors (Lipinski definition) is 1. The lowest BCUT2D eigenvalue weighted by Gasteiger charge is -2.14. The first-order valence-corrected chi connectivity index (χ1v) is 7.47. The molecule has 0 aromatic heterocycles. The quantitative estimate of drug-likeness (QED) is 0.726. The van der Waals surface area contributed by atoms with Gasteiger partial charge in [0.15, 0.2) is 0 Å². The van der Waals surface area contributed by atoms with Crippen LogP contribution in [0.1, 0.15) is 17.2 Å².